The van der Waals surface area contributed by atoms with Crippen LogP contribution in [0.25, 0.3) is 0 Å². The molecule has 0 aliphatic rings. The Morgan fingerprint density at radius 2 is 1.41 bits per heavy atom. The average molecular weight is 307 g/mol. The summed E-state index contributed by atoms with van der Waals surface area (Å²) >= 11 is 0. The quantitative estimate of drug-likeness (QED) is 0.865. The Hall–Kier alpha value is -2.04. The van der Waals surface area contributed by atoms with Crippen molar-refractivity contribution in [2.75, 3.05) is 0 Å². The number of nitrogens with one attached hydrogen (secondary N) is 1. The van der Waals surface area contributed by atoms with E-state index in [-0.39, 0.29) is 5.97 Å². The first kappa shape index (κ1) is 18.0. The van der Waals surface area contributed by atoms with Crippen molar-refractivity contribution in [3.05, 3.63) is 35.4 Å². The second kappa shape index (κ2) is 6.81. The van der Waals surface area contributed by atoms with E-state index in [1.807, 2.05) is 41.5 Å². The molecule has 0 saturated heterocycles. The van der Waals surface area contributed by atoms with Gasteiger partial charge in [0.15, 0.2) is 0 Å². The first-order valence-corrected chi connectivity index (χ1v) is 7.25. The molecule has 0 aliphatic carbocycles. The second-order valence-corrected chi connectivity index (χ2v) is 7.05. The summed E-state index contributed by atoms with van der Waals surface area (Å²) in [5.74, 6) is -0.362. The van der Waals surface area contributed by atoms with Crippen LogP contribution in [0.15, 0.2) is 24.3 Å². The number of rotatable bonds is 3. The van der Waals surface area contributed by atoms with Gasteiger partial charge in [0, 0.05) is 6.54 Å². The molecule has 1 aromatic carbocycles. The SMILES string of the molecule is CC(C)(C)OC(=O)NCc1ccc(C(=O)OC(C)(C)C)cc1. The molecule has 0 spiro atoms. The van der Waals surface area contributed by atoms with Crippen molar-refractivity contribution < 1.29 is 19.1 Å². The number of amides is 1. The van der Waals surface area contributed by atoms with Crippen LogP contribution in [0.2, 0.25) is 0 Å². The molecule has 5 nitrogen and oxygen atoms in total. The molecule has 0 saturated carbocycles. The lowest BCUT2D eigenvalue weighted by Gasteiger charge is -2.20. The highest BCUT2D eigenvalue weighted by molar-refractivity contribution is 5.89. The van der Waals surface area contributed by atoms with Gasteiger partial charge in [0.2, 0.25) is 0 Å². The maximum Gasteiger partial charge on any atom is 0.407 e. The predicted octanol–water partition coefficient (Wildman–Crippen LogP) is 3.67. The second-order valence-electron chi connectivity index (χ2n) is 7.05. The summed E-state index contributed by atoms with van der Waals surface area (Å²) in [4.78, 5) is 23.4. The maximum atomic E-state index is 11.9. The third-order valence-corrected chi connectivity index (χ3v) is 2.42. The van der Waals surface area contributed by atoms with Crippen molar-refractivity contribution in [2.45, 2.75) is 59.3 Å². The van der Waals surface area contributed by atoms with E-state index in [2.05, 4.69) is 5.32 Å². The molecule has 122 valence electrons. The fourth-order valence-corrected chi connectivity index (χ4v) is 1.58. The van der Waals surface area contributed by atoms with Gasteiger partial charge in [0.25, 0.3) is 0 Å². The molecule has 1 N–H and O–H groups in total. The van der Waals surface area contributed by atoms with Crippen LogP contribution in [0.4, 0.5) is 4.79 Å². The molecule has 0 heterocycles. The normalized spacial score (nSPS) is 11.7. The molecular weight excluding hydrogens is 282 g/mol. The summed E-state index contributed by atoms with van der Waals surface area (Å²) in [5.41, 5.74) is 0.313. The Morgan fingerprint density at radius 1 is 0.909 bits per heavy atom. The van der Waals surface area contributed by atoms with Gasteiger partial charge in [0.05, 0.1) is 5.56 Å². The highest BCUT2D eigenvalue weighted by Gasteiger charge is 2.18. The monoisotopic (exact) mass is 307 g/mol. The third-order valence-electron chi connectivity index (χ3n) is 2.42. The molecule has 5 heteroatoms. The van der Waals surface area contributed by atoms with Crippen LogP contribution >= 0.6 is 0 Å². The number of ether oxygens (including phenoxy) is 2. The summed E-state index contributed by atoms with van der Waals surface area (Å²) in [5, 5.41) is 2.67. The van der Waals surface area contributed by atoms with Gasteiger partial charge in [-0.1, -0.05) is 12.1 Å². The molecule has 0 aliphatic heterocycles. The zero-order valence-electron chi connectivity index (χ0n) is 14.1. The molecule has 1 amide bonds. The fourth-order valence-electron chi connectivity index (χ4n) is 1.58. The highest BCUT2D eigenvalue weighted by atomic mass is 16.6. The van der Waals surface area contributed by atoms with Crippen molar-refractivity contribution in [2.24, 2.45) is 0 Å². The number of hydrogen-bond acceptors (Lipinski definition) is 4. The molecule has 1 rings (SSSR count). The van der Waals surface area contributed by atoms with Crippen molar-refractivity contribution in [1.29, 1.82) is 0 Å². The highest BCUT2D eigenvalue weighted by Crippen LogP contribution is 2.13. The van der Waals surface area contributed by atoms with E-state index >= 15 is 0 Å². The van der Waals surface area contributed by atoms with E-state index in [4.69, 9.17) is 9.47 Å². The molecule has 0 aromatic heterocycles. The Balaban J connectivity index is 2.55. The van der Waals surface area contributed by atoms with Crippen LogP contribution in [-0.2, 0) is 16.0 Å². The number of esters is 1. The minimum absolute atomic E-state index is 0.337. The third kappa shape index (κ3) is 7.11. The molecule has 22 heavy (non-hydrogen) atoms. The Bertz CT molecular complexity index is 521. The minimum atomic E-state index is -0.523. The molecule has 1 aromatic rings. The lowest BCUT2D eigenvalue weighted by atomic mass is 10.1. The average Bonchev–Trinajstić information content (AvgIpc) is 2.33. The van der Waals surface area contributed by atoms with Gasteiger partial charge in [-0.15, -0.1) is 0 Å². The summed E-state index contributed by atoms with van der Waals surface area (Å²) < 4.78 is 10.4. The van der Waals surface area contributed by atoms with Gasteiger partial charge in [-0.2, -0.15) is 0 Å². The molecular formula is C17H25NO4. The van der Waals surface area contributed by atoms with Gasteiger partial charge in [0.1, 0.15) is 11.2 Å². The summed E-state index contributed by atoms with van der Waals surface area (Å²) in [6.07, 6.45) is -0.469. The summed E-state index contributed by atoms with van der Waals surface area (Å²) in [6.45, 7) is 11.2. The standard InChI is InChI=1S/C17H25NO4/c1-16(2,3)21-14(19)13-9-7-12(8-10-13)11-18-15(20)22-17(4,5)6/h7-10H,11H2,1-6H3,(H,18,20). The van der Waals surface area contributed by atoms with Crippen molar-refractivity contribution in [3.63, 3.8) is 0 Å². The molecule has 0 bridgehead atoms. The van der Waals surface area contributed by atoms with E-state index < -0.39 is 17.3 Å². The topological polar surface area (TPSA) is 64.6 Å². The zero-order chi connectivity index (χ0) is 17.0. The van der Waals surface area contributed by atoms with Crippen LogP contribution in [0, 0.1) is 0 Å². The van der Waals surface area contributed by atoms with E-state index in [1.54, 1.807) is 24.3 Å². The molecule has 0 atom stereocenters. The van der Waals surface area contributed by atoms with E-state index in [9.17, 15) is 9.59 Å². The predicted molar refractivity (Wildman–Crippen MR) is 84.7 cm³/mol. The van der Waals surface area contributed by atoms with Gasteiger partial charge in [-0.25, -0.2) is 9.59 Å². The summed E-state index contributed by atoms with van der Waals surface area (Å²) in [7, 11) is 0. The fraction of sp³-hybridized carbons (Fsp3) is 0.529. The van der Waals surface area contributed by atoms with Crippen LogP contribution in [0.3, 0.4) is 0 Å². The lowest BCUT2D eigenvalue weighted by Crippen LogP contribution is -2.32. The van der Waals surface area contributed by atoms with Gasteiger partial charge in [-0.3, -0.25) is 0 Å². The summed E-state index contributed by atoms with van der Waals surface area (Å²) in [6, 6.07) is 6.91. The number of carbonyl (C=O) groups is 2. The van der Waals surface area contributed by atoms with E-state index in [0.717, 1.165) is 5.56 Å². The van der Waals surface area contributed by atoms with Crippen LogP contribution in [0.1, 0.15) is 57.5 Å². The molecule has 0 unspecified atom stereocenters. The number of benzene rings is 1. The number of hydrogen-bond donors (Lipinski definition) is 1. The number of alkyl carbamates (subject to hydrolysis) is 1. The van der Waals surface area contributed by atoms with Gasteiger partial charge in [-0.05, 0) is 59.2 Å². The Morgan fingerprint density at radius 3 is 1.86 bits per heavy atom. The lowest BCUT2D eigenvalue weighted by molar-refractivity contribution is 0.00691. The largest absolute Gasteiger partial charge is 0.456 e. The first-order chi connectivity index (χ1) is 9.96. The van der Waals surface area contributed by atoms with E-state index in [0.29, 0.717) is 12.1 Å². The van der Waals surface area contributed by atoms with E-state index in [1.165, 1.54) is 0 Å². The van der Waals surface area contributed by atoms with Crippen LogP contribution in [-0.4, -0.2) is 23.3 Å². The van der Waals surface area contributed by atoms with Gasteiger partial charge >= 0.3 is 12.1 Å². The smallest absolute Gasteiger partial charge is 0.407 e. The maximum absolute atomic E-state index is 11.9. The van der Waals surface area contributed by atoms with Crippen molar-refractivity contribution in [1.82, 2.24) is 5.32 Å². The Kier molecular flexibility index (Phi) is 5.58. The minimum Gasteiger partial charge on any atom is -0.456 e. The Labute approximate surface area is 132 Å². The molecule has 0 radical (unpaired) electrons. The van der Waals surface area contributed by atoms with Crippen LogP contribution < -0.4 is 5.32 Å². The number of carbonyl (C=O) groups excluding carboxylic acids is 2. The van der Waals surface area contributed by atoms with Crippen molar-refractivity contribution >= 4 is 12.1 Å². The van der Waals surface area contributed by atoms with Crippen molar-refractivity contribution in [3.8, 4) is 0 Å². The van der Waals surface area contributed by atoms with Crippen LogP contribution in [0.5, 0.6) is 0 Å². The zero-order valence-corrected chi connectivity index (χ0v) is 14.1. The molecule has 0 fully saturated rings. The first-order valence-electron chi connectivity index (χ1n) is 7.25. The van der Waals surface area contributed by atoms with Gasteiger partial charge < -0.3 is 14.8 Å².